The average molecular weight is 370 g/mol. The first kappa shape index (κ1) is 17.7. The molecule has 1 atom stereocenters. The molecule has 1 aromatic heterocycles. The second-order valence-corrected chi connectivity index (χ2v) is 6.55. The van der Waals surface area contributed by atoms with Crippen LogP contribution in [0.5, 0.6) is 0 Å². The highest BCUT2D eigenvalue weighted by Crippen LogP contribution is 2.30. The van der Waals surface area contributed by atoms with Gasteiger partial charge in [0, 0.05) is 10.9 Å². The van der Waals surface area contributed by atoms with Crippen LogP contribution in [-0.2, 0) is 9.53 Å². The fraction of sp³-hybridized carbons (Fsp3) is 0.0870. The van der Waals surface area contributed by atoms with Crippen LogP contribution in [0.25, 0.3) is 32.9 Å². The van der Waals surface area contributed by atoms with Gasteiger partial charge in [0.2, 0.25) is 0 Å². The van der Waals surface area contributed by atoms with E-state index in [4.69, 9.17) is 15.5 Å². The normalized spacial score (nSPS) is 12.0. The van der Waals surface area contributed by atoms with Crippen molar-refractivity contribution in [3.63, 3.8) is 0 Å². The summed E-state index contributed by atoms with van der Waals surface area (Å²) < 4.78 is 5.24. The van der Waals surface area contributed by atoms with E-state index in [9.17, 15) is 9.59 Å². The number of fused-ring (bicyclic) bond motifs is 2. The monoisotopic (exact) mass is 370 g/mol. The third-order valence-corrected chi connectivity index (χ3v) is 4.69. The highest BCUT2D eigenvalue weighted by molar-refractivity contribution is 6.06. The molecular weight excluding hydrogens is 352 g/mol. The van der Waals surface area contributed by atoms with Gasteiger partial charge in [0.25, 0.3) is 5.91 Å². The minimum absolute atomic E-state index is 0.349. The Kier molecular flexibility index (Phi) is 4.49. The van der Waals surface area contributed by atoms with E-state index in [1.165, 1.54) is 6.92 Å². The summed E-state index contributed by atoms with van der Waals surface area (Å²) in [7, 11) is 0. The largest absolute Gasteiger partial charge is 0.449 e. The van der Waals surface area contributed by atoms with Gasteiger partial charge in [-0.1, -0.05) is 60.7 Å². The molecule has 0 saturated carbocycles. The van der Waals surface area contributed by atoms with E-state index in [2.05, 4.69) is 0 Å². The molecule has 0 spiro atoms. The average Bonchev–Trinajstić information content (AvgIpc) is 2.72. The summed E-state index contributed by atoms with van der Waals surface area (Å²) in [6.07, 6.45) is -1.01. The number of benzene rings is 3. The van der Waals surface area contributed by atoms with Gasteiger partial charge in [-0.05, 0) is 29.8 Å². The fourth-order valence-electron chi connectivity index (χ4n) is 3.21. The summed E-state index contributed by atoms with van der Waals surface area (Å²) in [5, 5.41) is 2.78. The van der Waals surface area contributed by atoms with Crippen LogP contribution in [0.4, 0.5) is 0 Å². The number of para-hydroxylation sites is 1. The summed E-state index contributed by atoms with van der Waals surface area (Å²) in [4.78, 5) is 28.8. The minimum atomic E-state index is -1.01. The Balaban J connectivity index is 1.91. The van der Waals surface area contributed by atoms with Gasteiger partial charge < -0.3 is 10.5 Å². The highest BCUT2D eigenvalue weighted by atomic mass is 16.5. The summed E-state index contributed by atoms with van der Waals surface area (Å²) in [6, 6.07) is 23.0. The first-order chi connectivity index (χ1) is 13.5. The molecule has 0 bridgehead atoms. The predicted molar refractivity (Wildman–Crippen MR) is 109 cm³/mol. The lowest BCUT2D eigenvalue weighted by Crippen LogP contribution is -2.30. The van der Waals surface area contributed by atoms with Crippen LogP contribution in [0.2, 0.25) is 0 Å². The first-order valence-corrected chi connectivity index (χ1v) is 8.93. The molecule has 0 aliphatic heterocycles. The molecular formula is C23H18N2O3. The molecule has 0 aliphatic carbocycles. The zero-order valence-corrected chi connectivity index (χ0v) is 15.3. The van der Waals surface area contributed by atoms with Gasteiger partial charge in [-0.25, -0.2) is 9.78 Å². The number of hydrogen-bond acceptors (Lipinski definition) is 4. The molecule has 3 aromatic carbocycles. The van der Waals surface area contributed by atoms with Crippen LogP contribution in [0.1, 0.15) is 17.3 Å². The Bertz CT molecular complexity index is 1210. The molecule has 5 nitrogen and oxygen atoms in total. The molecule has 0 fully saturated rings. The molecule has 138 valence electrons. The van der Waals surface area contributed by atoms with Gasteiger partial charge >= 0.3 is 5.97 Å². The van der Waals surface area contributed by atoms with Crippen molar-refractivity contribution in [2.75, 3.05) is 0 Å². The van der Waals surface area contributed by atoms with Crippen LogP contribution >= 0.6 is 0 Å². The van der Waals surface area contributed by atoms with Crippen molar-refractivity contribution in [3.05, 3.63) is 78.4 Å². The quantitative estimate of drug-likeness (QED) is 0.549. The number of pyridine rings is 1. The van der Waals surface area contributed by atoms with Crippen molar-refractivity contribution in [2.45, 2.75) is 13.0 Å². The Morgan fingerprint density at radius 2 is 1.61 bits per heavy atom. The maximum Gasteiger partial charge on any atom is 0.339 e. The highest BCUT2D eigenvalue weighted by Gasteiger charge is 2.20. The maximum absolute atomic E-state index is 12.8. The van der Waals surface area contributed by atoms with E-state index >= 15 is 0 Å². The number of hydrogen-bond donors (Lipinski definition) is 1. The van der Waals surface area contributed by atoms with Gasteiger partial charge in [-0.2, -0.15) is 0 Å². The summed E-state index contributed by atoms with van der Waals surface area (Å²) in [5.41, 5.74) is 7.83. The van der Waals surface area contributed by atoms with Gasteiger partial charge in [0.1, 0.15) is 0 Å². The molecule has 1 heterocycles. The fourth-order valence-corrected chi connectivity index (χ4v) is 3.21. The molecule has 0 aliphatic rings. The number of ether oxygens (including phenoxy) is 1. The van der Waals surface area contributed by atoms with Crippen LogP contribution in [0, 0.1) is 0 Å². The molecule has 5 heteroatoms. The Labute approximate surface area is 161 Å². The third-order valence-electron chi connectivity index (χ3n) is 4.69. The number of esters is 1. The number of nitrogens with zero attached hydrogens (tertiary/aromatic N) is 1. The number of carbonyl (C=O) groups excluding carboxylic acids is 2. The zero-order chi connectivity index (χ0) is 19.7. The number of nitrogens with two attached hydrogens (primary N) is 1. The lowest BCUT2D eigenvalue weighted by Gasteiger charge is -2.13. The predicted octanol–water partition coefficient (Wildman–Crippen LogP) is 4.09. The van der Waals surface area contributed by atoms with Crippen molar-refractivity contribution in [1.29, 1.82) is 0 Å². The number of carbonyl (C=O) groups is 2. The maximum atomic E-state index is 12.8. The molecule has 4 aromatic rings. The Morgan fingerprint density at radius 1 is 0.929 bits per heavy atom. The summed E-state index contributed by atoms with van der Waals surface area (Å²) in [5.74, 6) is -1.30. The third kappa shape index (κ3) is 3.18. The standard InChI is InChI=1S/C23H18N2O3/c1-14(22(24)26)28-23(27)19-13-21(25-20-12-5-4-10-18(19)20)17-11-6-8-15-7-2-3-9-16(15)17/h2-14H,1H3,(H2,24,26). The van der Waals surface area contributed by atoms with Crippen LogP contribution in [-0.4, -0.2) is 23.0 Å². The van der Waals surface area contributed by atoms with Gasteiger partial charge in [0.05, 0.1) is 16.8 Å². The van der Waals surface area contributed by atoms with Gasteiger partial charge in [0.15, 0.2) is 6.10 Å². The molecule has 1 amide bonds. The number of aromatic nitrogens is 1. The lowest BCUT2D eigenvalue weighted by molar-refractivity contribution is -0.125. The van der Waals surface area contributed by atoms with E-state index < -0.39 is 18.0 Å². The number of primary amides is 1. The smallest absolute Gasteiger partial charge is 0.339 e. The molecule has 0 saturated heterocycles. The number of rotatable bonds is 4. The minimum Gasteiger partial charge on any atom is -0.449 e. The van der Waals surface area contributed by atoms with Crippen LogP contribution in [0.15, 0.2) is 72.8 Å². The lowest BCUT2D eigenvalue weighted by atomic mass is 9.99. The molecule has 0 radical (unpaired) electrons. The van der Waals surface area contributed by atoms with E-state index in [0.717, 1.165) is 16.3 Å². The van der Waals surface area contributed by atoms with Gasteiger partial charge in [-0.15, -0.1) is 0 Å². The summed E-state index contributed by atoms with van der Waals surface area (Å²) >= 11 is 0. The first-order valence-electron chi connectivity index (χ1n) is 8.93. The SMILES string of the molecule is CC(OC(=O)c1cc(-c2cccc3ccccc23)nc2ccccc12)C(N)=O. The topological polar surface area (TPSA) is 82.3 Å². The van der Waals surface area contributed by atoms with Crippen molar-refractivity contribution >= 4 is 33.6 Å². The molecule has 1 unspecified atom stereocenters. The van der Waals surface area contributed by atoms with Crippen molar-refractivity contribution in [3.8, 4) is 11.3 Å². The Morgan fingerprint density at radius 3 is 2.39 bits per heavy atom. The van der Waals surface area contributed by atoms with Crippen LogP contribution < -0.4 is 5.73 Å². The van der Waals surface area contributed by atoms with Crippen LogP contribution in [0.3, 0.4) is 0 Å². The van der Waals surface area contributed by atoms with E-state index in [0.29, 0.717) is 22.2 Å². The van der Waals surface area contributed by atoms with Crippen molar-refractivity contribution in [1.82, 2.24) is 4.98 Å². The van der Waals surface area contributed by atoms with E-state index in [-0.39, 0.29) is 0 Å². The van der Waals surface area contributed by atoms with Crippen molar-refractivity contribution < 1.29 is 14.3 Å². The number of amides is 1. The summed E-state index contributed by atoms with van der Waals surface area (Å²) in [6.45, 7) is 1.45. The van der Waals surface area contributed by atoms with Gasteiger partial charge in [-0.3, -0.25) is 4.79 Å². The molecule has 28 heavy (non-hydrogen) atoms. The Hall–Kier alpha value is -3.73. The van der Waals surface area contributed by atoms with E-state index in [1.54, 1.807) is 12.1 Å². The second-order valence-electron chi connectivity index (χ2n) is 6.55. The molecule has 4 rings (SSSR count). The second kappa shape index (κ2) is 7.12. The van der Waals surface area contributed by atoms with E-state index in [1.807, 2.05) is 60.7 Å². The van der Waals surface area contributed by atoms with Crippen molar-refractivity contribution in [2.24, 2.45) is 5.73 Å². The zero-order valence-electron chi connectivity index (χ0n) is 15.3. The molecule has 2 N–H and O–H groups in total.